The van der Waals surface area contributed by atoms with Gasteiger partial charge >= 0.3 is 45.1 Å². The number of carbonyl (C=O) groups is 7. The number of aliphatic hydroxyl groups is 2. The fourth-order valence-corrected chi connectivity index (χ4v) is 14.2. The summed E-state index contributed by atoms with van der Waals surface area (Å²) in [7, 11) is -9.38. The number of aromatic hydroxyl groups is 1. The third kappa shape index (κ3) is 15.4. The molecule has 1 saturated heterocycles. The number of methoxy groups -OCH3 is 1. The summed E-state index contributed by atoms with van der Waals surface area (Å²) in [5.74, 6) is -10.1. The second-order valence-electron chi connectivity index (χ2n) is 23.5. The lowest BCUT2D eigenvalue weighted by Gasteiger charge is -2.43. The number of ketones is 2. The molecule has 0 saturated carbocycles. The molecule has 5 heterocycles. The highest BCUT2D eigenvalue weighted by molar-refractivity contribution is 7.70. The lowest BCUT2D eigenvalue weighted by molar-refractivity contribution is -0.160. The number of hydrogen-bond acceptors (Lipinski definition) is 21. The minimum atomic E-state index is -5.38. The van der Waals surface area contributed by atoms with E-state index in [0.29, 0.717) is 19.6 Å². The first-order valence-electron chi connectivity index (χ1n) is 29.0. The number of hydrogen-bond donors (Lipinski definition) is 8. The lowest BCUT2D eigenvalue weighted by Crippen LogP contribution is -2.55. The van der Waals surface area contributed by atoms with E-state index in [-0.39, 0.29) is 64.6 Å². The van der Waals surface area contributed by atoms with Gasteiger partial charge in [-0.05, 0) is 38.7 Å². The third-order valence-electron chi connectivity index (χ3n) is 16.6. The highest BCUT2D eigenvalue weighted by Gasteiger charge is 2.58. The zero-order valence-corrected chi connectivity index (χ0v) is 53.3. The molecule has 0 radical (unpaired) electrons. The van der Waals surface area contributed by atoms with Crippen LogP contribution >= 0.6 is 15.2 Å². The number of carbonyl (C=O) groups excluding carboxylic acids is 7. The number of phenolic OH excluding ortho intramolecular Hbond substituents is 1. The predicted octanol–water partition coefficient (Wildman–Crippen LogP) is 5.28. The van der Waals surface area contributed by atoms with Crippen molar-refractivity contribution in [3.8, 4) is 11.5 Å². The maximum atomic E-state index is 15.5. The molecule has 1 aromatic carbocycles. The van der Waals surface area contributed by atoms with Gasteiger partial charge in [0, 0.05) is 107 Å². The Bertz CT molecular complexity index is 3100. The standard InChI is InChI=1S/C58H83N5O23P2/c1-13-39(65)82-29-83-55(72)62(22-15-18-40(87(74,75)76)88(77,78)79)25-27-81-56(73)63-46-44(60-58(63)20-23-61(24-21-58)28-30(2)3)41-42-49(68)36(9)52-43(41)53(70)57(11,86-52)84-26-19-38(80-12)33(6)51(85-37(10)64)35(8)48(67)34(7)47(66)31(4)16-14-17-32(5)54(71)59-45(46)50(42)69/h14,16-17,19,26,30-31,33-35,38,40,47-48,51,66-68H,13,15,18,20-25,27-29H2,1-12H3,(H,59,71)(H2,74,75,76)(H2,77,78,79)/b16-14+,26-19+,32-17-/t31-,33+,34+,35+,38-,47-,48+,51+,57-/m0/s1. The van der Waals surface area contributed by atoms with Gasteiger partial charge in [0.2, 0.25) is 12.6 Å². The van der Waals surface area contributed by atoms with Crippen molar-refractivity contribution in [3.63, 3.8) is 0 Å². The van der Waals surface area contributed by atoms with Crippen LogP contribution in [0.1, 0.15) is 133 Å². The Morgan fingerprint density at radius 3 is 2.14 bits per heavy atom. The molecule has 28 nitrogen and oxygen atoms in total. The molecule has 5 aliphatic heterocycles. The van der Waals surface area contributed by atoms with E-state index >= 15 is 14.4 Å². The highest BCUT2D eigenvalue weighted by atomic mass is 31.2. The Balaban J connectivity index is 1.51. The van der Waals surface area contributed by atoms with Gasteiger partial charge in [0.05, 0.1) is 48.0 Å². The fourth-order valence-electron chi connectivity index (χ4n) is 11.6. The van der Waals surface area contributed by atoms with Crippen LogP contribution in [-0.2, 0) is 51.9 Å². The van der Waals surface area contributed by atoms with E-state index in [1.165, 1.54) is 60.0 Å². The van der Waals surface area contributed by atoms with E-state index in [0.717, 1.165) is 16.1 Å². The first-order valence-corrected chi connectivity index (χ1v) is 32.4. The van der Waals surface area contributed by atoms with Crippen molar-refractivity contribution in [3.05, 3.63) is 69.8 Å². The molecule has 7 rings (SSSR count). The Morgan fingerprint density at radius 1 is 0.898 bits per heavy atom. The molecular formula is C58H83N5O23P2. The zero-order chi connectivity index (χ0) is 65.7. The molecule has 8 N–H and O–H groups in total. The second kappa shape index (κ2) is 28.7. The number of nitrogens with zero attached hydrogens (tertiary/aromatic N) is 4. The number of Topliss-reactive ketones (excluding diaryl/α,β-unsaturated/α-hetero) is 2. The summed E-state index contributed by atoms with van der Waals surface area (Å²) >= 11 is 0. The largest absolute Gasteiger partial charge is 0.507 e. The Kier molecular flexibility index (Phi) is 23.0. The molecule has 1 aromatic rings. The van der Waals surface area contributed by atoms with Crippen LogP contribution in [-0.4, -0.2) is 191 Å². The number of fused-ring (bicyclic) bond motifs is 13. The zero-order valence-electron chi connectivity index (χ0n) is 51.5. The maximum Gasteiger partial charge on any atom is 0.416 e. The van der Waals surface area contributed by atoms with Gasteiger partial charge in [-0.1, -0.05) is 66.7 Å². The van der Waals surface area contributed by atoms with Crippen LogP contribution in [0.25, 0.3) is 0 Å². The molecule has 0 unspecified atom stereocenters. The van der Waals surface area contributed by atoms with Gasteiger partial charge < -0.3 is 83.2 Å². The number of nitrogens with one attached hydrogen (secondary N) is 1. The molecule has 5 bridgehead atoms. The smallest absolute Gasteiger partial charge is 0.416 e. The summed E-state index contributed by atoms with van der Waals surface area (Å²) < 4.78 is 64.3. The summed E-state index contributed by atoms with van der Waals surface area (Å²) in [5.41, 5.74) is -3.96. The number of allylic oxidation sites excluding steroid dienone is 4. The van der Waals surface area contributed by atoms with Gasteiger partial charge in [-0.3, -0.25) is 38.1 Å². The molecule has 9 atom stereocenters. The van der Waals surface area contributed by atoms with Crippen LogP contribution in [0, 0.1) is 36.5 Å². The topological polar surface area (TPSA) is 394 Å². The van der Waals surface area contributed by atoms with Gasteiger partial charge in [0.15, 0.2) is 5.40 Å². The number of aliphatic hydroxyl groups excluding tert-OH is 2. The van der Waals surface area contributed by atoms with Gasteiger partial charge in [0.1, 0.15) is 41.3 Å². The first-order chi connectivity index (χ1) is 41.0. The van der Waals surface area contributed by atoms with Gasteiger partial charge in [-0.15, -0.1) is 0 Å². The molecule has 1 spiro atoms. The van der Waals surface area contributed by atoms with Crippen molar-refractivity contribution < 1.29 is 111 Å². The first kappa shape index (κ1) is 70.8. The van der Waals surface area contributed by atoms with Crippen LogP contribution in [0.5, 0.6) is 11.5 Å². The SMILES string of the molecule is CCC(=O)OCOC(=O)N(CCCC(P(=O)(O)O)P(=O)(O)O)CCOC(=O)N1C2=C3NC(=O)/C(C)=C\C=C\[C@H](C)[C@H](O)[C@@H](C)[C@@H](O)[C@@H](C)[C@H](OC(C)=O)[C@H](C)[C@@H](OC)/C=C/O[C@@]4(C)Oc5c(C)c(O)c(c(c5C4=O)C2=NC12CCN(CC(C)C)CC2)C3=O. The van der Waals surface area contributed by atoms with Gasteiger partial charge in [-0.2, -0.15) is 0 Å². The van der Waals surface area contributed by atoms with Crippen LogP contribution < -0.4 is 10.1 Å². The third-order valence-corrected chi connectivity index (χ3v) is 20.5. The molecule has 1 fully saturated rings. The number of benzene rings is 1. The summed E-state index contributed by atoms with van der Waals surface area (Å²) in [4.78, 5) is 147. The quantitative estimate of drug-likeness (QED) is 0.0452. The van der Waals surface area contributed by atoms with Crippen LogP contribution in [0.3, 0.4) is 0 Å². The lowest BCUT2D eigenvalue weighted by atomic mass is 9.78. The van der Waals surface area contributed by atoms with E-state index in [9.17, 15) is 63.2 Å². The highest BCUT2D eigenvalue weighted by Crippen LogP contribution is 2.61. The van der Waals surface area contributed by atoms with Crippen molar-refractivity contribution in [1.29, 1.82) is 0 Å². The monoisotopic (exact) mass is 1280 g/mol. The van der Waals surface area contributed by atoms with E-state index in [1.807, 2.05) is 13.8 Å². The van der Waals surface area contributed by atoms with Crippen molar-refractivity contribution in [2.45, 2.75) is 150 Å². The number of phenols is 1. The molecule has 88 heavy (non-hydrogen) atoms. The Labute approximate surface area is 510 Å². The second-order valence-corrected chi connectivity index (χ2v) is 27.5. The average Bonchev–Trinajstić information content (AvgIpc) is 2.26. The number of rotatable bonds is 16. The van der Waals surface area contributed by atoms with E-state index in [2.05, 4.69) is 10.2 Å². The van der Waals surface area contributed by atoms with E-state index in [4.69, 9.17) is 38.2 Å². The van der Waals surface area contributed by atoms with Crippen molar-refractivity contribution in [1.82, 2.24) is 20.0 Å². The number of aliphatic imine (C=N–C) groups is 1. The predicted molar refractivity (Wildman–Crippen MR) is 313 cm³/mol. The number of likely N-dealkylation sites (tertiary alicyclic amines) is 1. The molecule has 6 aliphatic rings. The average molecular weight is 1280 g/mol. The summed E-state index contributed by atoms with van der Waals surface area (Å²) in [6, 6.07) is 0. The molecule has 488 valence electrons. The maximum absolute atomic E-state index is 15.5. The molecule has 0 aromatic heterocycles. The van der Waals surface area contributed by atoms with E-state index < -0.39 is 178 Å². The fraction of sp³-hybridized carbons (Fsp3) is 0.621. The Hall–Kier alpha value is -6.32. The van der Waals surface area contributed by atoms with Crippen LogP contribution in [0.4, 0.5) is 9.59 Å². The van der Waals surface area contributed by atoms with Gasteiger partial charge in [-0.25, -0.2) is 14.5 Å². The summed E-state index contributed by atoms with van der Waals surface area (Å²) in [6.45, 7) is 16.1. The van der Waals surface area contributed by atoms with E-state index in [1.54, 1.807) is 33.8 Å². The Morgan fingerprint density at radius 2 is 1.55 bits per heavy atom. The number of esters is 2. The molecule has 30 heteroatoms. The number of piperidine rings is 1. The van der Waals surface area contributed by atoms with Crippen LogP contribution in [0.2, 0.25) is 0 Å². The minimum absolute atomic E-state index is 0.0164. The number of amides is 3. The van der Waals surface area contributed by atoms with Crippen molar-refractivity contribution in [2.75, 3.05) is 53.2 Å². The minimum Gasteiger partial charge on any atom is -0.507 e. The molecular weight excluding hydrogens is 1200 g/mol. The summed E-state index contributed by atoms with van der Waals surface area (Å²) in [6.07, 6.45) is -0.935. The van der Waals surface area contributed by atoms with Crippen molar-refractivity contribution in [2.24, 2.45) is 34.6 Å². The normalized spacial score (nSPS) is 27.4. The number of ether oxygens (including phenoxy) is 7. The van der Waals surface area contributed by atoms with Crippen molar-refractivity contribution >= 4 is 62.5 Å². The van der Waals surface area contributed by atoms with Crippen LogP contribution in [0.15, 0.2) is 52.5 Å². The summed E-state index contributed by atoms with van der Waals surface area (Å²) in [5, 5.41) is 35.8. The molecule has 3 amide bonds. The molecule has 1 aliphatic carbocycles. The van der Waals surface area contributed by atoms with Gasteiger partial charge in [0.25, 0.3) is 11.7 Å².